The molecule has 1 aromatic rings. The lowest BCUT2D eigenvalue weighted by Crippen LogP contribution is -2.38. The van der Waals surface area contributed by atoms with Crippen molar-refractivity contribution in [3.05, 3.63) is 34.9 Å². The normalized spacial score (nSPS) is 11.6. The predicted molar refractivity (Wildman–Crippen MR) is 91.2 cm³/mol. The van der Waals surface area contributed by atoms with Gasteiger partial charge in [0.25, 0.3) is 0 Å². The van der Waals surface area contributed by atoms with E-state index in [9.17, 15) is 4.79 Å². The third-order valence-electron chi connectivity index (χ3n) is 3.85. The van der Waals surface area contributed by atoms with Gasteiger partial charge in [-0.2, -0.15) is 0 Å². The van der Waals surface area contributed by atoms with Gasteiger partial charge in [0, 0.05) is 36.1 Å². The zero-order valence-electron chi connectivity index (χ0n) is 13.7. The van der Waals surface area contributed by atoms with Crippen LogP contribution < -0.4 is 0 Å². The van der Waals surface area contributed by atoms with Crippen molar-refractivity contribution in [3.63, 3.8) is 0 Å². The third kappa shape index (κ3) is 6.19. The Bertz CT molecular complexity index is 423. The molecule has 0 saturated carbocycles. The van der Waals surface area contributed by atoms with Crippen molar-refractivity contribution in [2.24, 2.45) is 5.92 Å². The van der Waals surface area contributed by atoms with E-state index in [4.69, 9.17) is 11.6 Å². The molecule has 21 heavy (non-hydrogen) atoms. The number of nitrogens with zero attached hydrogens (tertiary/aromatic N) is 1. The second-order valence-electron chi connectivity index (χ2n) is 6.04. The minimum atomic E-state index is 0.200. The molecule has 0 N–H and O–H groups in total. The first kappa shape index (κ1) is 18.2. The molecule has 0 radical (unpaired) electrons. The number of Topliss-reactive ketones (excluding diaryl/α,β-unsaturated/α-hetero) is 1. The van der Waals surface area contributed by atoms with Crippen LogP contribution in [0.25, 0.3) is 0 Å². The van der Waals surface area contributed by atoms with E-state index in [0.29, 0.717) is 23.4 Å². The first-order chi connectivity index (χ1) is 9.97. The Labute approximate surface area is 134 Å². The zero-order chi connectivity index (χ0) is 15.8. The summed E-state index contributed by atoms with van der Waals surface area (Å²) < 4.78 is 0. The van der Waals surface area contributed by atoms with Crippen LogP contribution >= 0.6 is 11.6 Å². The highest BCUT2D eigenvalue weighted by Crippen LogP contribution is 2.15. The van der Waals surface area contributed by atoms with Gasteiger partial charge in [-0.15, -0.1) is 0 Å². The number of rotatable bonds is 9. The summed E-state index contributed by atoms with van der Waals surface area (Å²) in [7, 11) is 0. The lowest BCUT2D eigenvalue weighted by atomic mass is 10.0. The Morgan fingerprint density at radius 3 is 2.19 bits per heavy atom. The van der Waals surface area contributed by atoms with E-state index in [-0.39, 0.29) is 5.78 Å². The van der Waals surface area contributed by atoms with Crippen molar-refractivity contribution in [1.29, 1.82) is 0 Å². The van der Waals surface area contributed by atoms with Crippen LogP contribution in [-0.4, -0.2) is 29.8 Å². The summed E-state index contributed by atoms with van der Waals surface area (Å²) in [5, 5.41) is 0.671. The average molecular weight is 310 g/mol. The molecule has 2 nitrogen and oxygen atoms in total. The van der Waals surface area contributed by atoms with Crippen molar-refractivity contribution < 1.29 is 4.79 Å². The fraction of sp³-hybridized carbons (Fsp3) is 0.611. The van der Waals surface area contributed by atoms with Gasteiger partial charge in [0.1, 0.15) is 0 Å². The lowest BCUT2D eigenvalue weighted by Gasteiger charge is -2.31. The number of benzene rings is 1. The molecular formula is C18H28ClNO. The number of ketones is 1. The van der Waals surface area contributed by atoms with Crippen LogP contribution in [0.2, 0.25) is 5.02 Å². The van der Waals surface area contributed by atoms with E-state index in [1.54, 1.807) is 12.1 Å². The first-order valence-corrected chi connectivity index (χ1v) is 8.38. The van der Waals surface area contributed by atoms with Crippen LogP contribution in [0, 0.1) is 5.92 Å². The highest BCUT2D eigenvalue weighted by atomic mass is 35.5. The van der Waals surface area contributed by atoms with Crippen molar-refractivity contribution in [3.8, 4) is 0 Å². The van der Waals surface area contributed by atoms with Crippen molar-refractivity contribution in [2.75, 3.05) is 13.1 Å². The Kier molecular flexibility index (Phi) is 7.98. The highest BCUT2D eigenvalue weighted by Gasteiger charge is 2.17. The molecule has 0 bridgehead atoms. The van der Waals surface area contributed by atoms with E-state index in [1.165, 1.54) is 0 Å². The molecule has 1 aromatic carbocycles. The van der Waals surface area contributed by atoms with Gasteiger partial charge < -0.3 is 0 Å². The smallest absolute Gasteiger partial charge is 0.164 e. The number of hydrogen-bond donors (Lipinski definition) is 0. The topological polar surface area (TPSA) is 20.3 Å². The maximum atomic E-state index is 12.3. The molecule has 0 saturated heterocycles. The minimum absolute atomic E-state index is 0.200. The third-order valence-corrected chi connectivity index (χ3v) is 4.10. The van der Waals surface area contributed by atoms with Gasteiger partial charge in [-0.1, -0.05) is 39.3 Å². The number of carbonyl (C=O) groups excluding carboxylic acids is 1. The van der Waals surface area contributed by atoms with Crippen LogP contribution in [0.4, 0.5) is 0 Å². The number of hydrogen-bond acceptors (Lipinski definition) is 2. The molecule has 0 fully saturated rings. The van der Waals surface area contributed by atoms with Gasteiger partial charge in [0.15, 0.2) is 5.78 Å². The molecule has 0 heterocycles. The summed E-state index contributed by atoms with van der Waals surface area (Å²) >= 11 is 5.86. The molecule has 0 amide bonds. The number of carbonyl (C=O) groups is 1. The van der Waals surface area contributed by atoms with Crippen LogP contribution in [-0.2, 0) is 0 Å². The average Bonchev–Trinajstić information content (AvgIpc) is 2.45. The molecular weight excluding hydrogens is 282 g/mol. The van der Waals surface area contributed by atoms with Gasteiger partial charge in [0.2, 0.25) is 0 Å². The molecule has 0 unspecified atom stereocenters. The summed E-state index contributed by atoms with van der Waals surface area (Å²) in [4.78, 5) is 14.7. The molecule has 0 spiro atoms. The van der Waals surface area contributed by atoms with E-state index in [2.05, 4.69) is 32.6 Å². The lowest BCUT2D eigenvalue weighted by molar-refractivity contribution is 0.0937. The van der Waals surface area contributed by atoms with E-state index >= 15 is 0 Å². The van der Waals surface area contributed by atoms with Crippen LogP contribution in [0.5, 0.6) is 0 Å². The van der Waals surface area contributed by atoms with E-state index in [1.807, 2.05) is 12.1 Å². The van der Waals surface area contributed by atoms with Crippen LogP contribution in [0.15, 0.2) is 24.3 Å². The van der Waals surface area contributed by atoms with Gasteiger partial charge in [-0.25, -0.2) is 0 Å². The Morgan fingerprint density at radius 1 is 1.14 bits per heavy atom. The highest BCUT2D eigenvalue weighted by molar-refractivity contribution is 6.30. The molecule has 118 valence electrons. The molecule has 0 aliphatic rings. The fourth-order valence-corrected chi connectivity index (χ4v) is 2.85. The van der Waals surface area contributed by atoms with Gasteiger partial charge >= 0.3 is 0 Å². The van der Waals surface area contributed by atoms with E-state index < -0.39 is 0 Å². The SMILES string of the molecule is CCC(CC)N(CCC(=O)c1ccc(Cl)cc1)CC(C)C. The molecule has 3 heteroatoms. The summed E-state index contributed by atoms with van der Waals surface area (Å²) in [5.41, 5.74) is 0.758. The van der Waals surface area contributed by atoms with Crippen LogP contribution in [0.3, 0.4) is 0 Å². The minimum Gasteiger partial charge on any atom is -0.300 e. The van der Waals surface area contributed by atoms with Crippen molar-refractivity contribution in [2.45, 2.75) is 53.0 Å². The Morgan fingerprint density at radius 2 is 1.71 bits per heavy atom. The quantitative estimate of drug-likeness (QED) is 0.594. The second kappa shape index (κ2) is 9.22. The molecule has 1 rings (SSSR count). The Hall–Kier alpha value is -0.860. The predicted octanol–water partition coefficient (Wildman–Crippen LogP) is 5.06. The fourth-order valence-electron chi connectivity index (χ4n) is 2.72. The molecule has 0 atom stereocenters. The van der Waals surface area contributed by atoms with Gasteiger partial charge in [-0.3, -0.25) is 9.69 Å². The monoisotopic (exact) mass is 309 g/mol. The summed E-state index contributed by atoms with van der Waals surface area (Å²) in [6, 6.07) is 7.76. The van der Waals surface area contributed by atoms with E-state index in [0.717, 1.165) is 31.5 Å². The Balaban J connectivity index is 2.62. The second-order valence-corrected chi connectivity index (χ2v) is 6.48. The maximum Gasteiger partial charge on any atom is 0.164 e. The molecule has 0 aliphatic carbocycles. The largest absolute Gasteiger partial charge is 0.300 e. The van der Waals surface area contributed by atoms with Crippen molar-refractivity contribution >= 4 is 17.4 Å². The maximum absolute atomic E-state index is 12.3. The summed E-state index contributed by atoms with van der Waals surface area (Å²) in [6.45, 7) is 10.8. The van der Waals surface area contributed by atoms with Gasteiger partial charge in [0.05, 0.1) is 0 Å². The van der Waals surface area contributed by atoms with Gasteiger partial charge in [-0.05, 0) is 43.0 Å². The van der Waals surface area contributed by atoms with Crippen molar-refractivity contribution in [1.82, 2.24) is 4.90 Å². The summed E-state index contributed by atoms with van der Waals surface area (Å²) in [6.07, 6.45) is 2.85. The number of halogens is 1. The summed E-state index contributed by atoms with van der Waals surface area (Å²) in [5.74, 6) is 0.822. The van der Waals surface area contributed by atoms with Crippen LogP contribution in [0.1, 0.15) is 57.3 Å². The standard InChI is InChI=1S/C18H28ClNO/c1-5-17(6-2)20(13-14(3)4)12-11-18(21)15-7-9-16(19)10-8-15/h7-10,14,17H,5-6,11-13H2,1-4H3. The molecule has 0 aliphatic heterocycles. The molecule has 0 aromatic heterocycles. The first-order valence-electron chi connectivity index (χ1n) is 8.00. The zero-order valence-corrected chi connectivity index (χ0v) is 14.5.